The summed E-state index contributed by atoms with van der Waals surface area (Å²) >= 11 is 1.39. The van der Waals surface area contributed by atoms with E-state index in [1.807, 2.05) is 11.8 Å². The van der Waals surface area contributed by atoms with E-state index in [-0.39, 0.29) is 23.1 Å². The molecule has 1 aliphatic carbocycles. The van der Waals surface area contributed by atoms with Crippen LogP contribution in [0.5, 0.6) is 0 Å². The highest BCUT2D eigenvalue weighted by Gasteiger charge is 2.59. The maximum absolute atomic E-state index is 13.0. The molecule has 1 aromatic heterocycles. The topological polar surface area (TPSA) is 70.5 Å². The molecule has 2 aromatic rings. The van der Waals surface area contributed by atoms with Gasteiger partial charge in [-0.2, -0.15) is 0 Å². The first-order valence-corrected chi connectivity index (χ1v) is 9.92. The first-order valence-electron chi connectivity index (χ1n) is 9.11. The van der Waals surface area contributed by atoms with Crippen LogP contribution in [0.4, 0.5) is 4.39 Å². The maximum atomic E-state index is 13.0. The van der Waals surface area contributed by atoms with Crippen LogP contribution >= 0.6 is 11.3 Å². The molecule has 1 aliphatic heterocycles. The van der Waals surface area contributed by atoms with E-state index in [9.17, 15) is 19.1 Å². The minimum Gasteiger partial charge on any atom is -0.481 e. The third-order valence-corrected chi connectivity index (χ3v) is 6.98. The standard InChI is InChI=1S/C20H21FN2O3S/c1-12-17(27-16(22-12)10-13-2-4-14(21)5-3-13)18(24)23-8-6-20(7-9-23)11-15(20)19(25)26/h2-5,15H,6-11H2,1H3,(H,25,26). The number of nitrogens with zero attached hydrogens (tertiary/aromatic N) is 2. The number of aromatic nitrogens is 1. The smallest absolute Gasteiger partial charge is 0.307 e. The van der Waals surface area contributed by atoms with Crippen molar-refractivity contribution in [2.45, 2.75) is 32.6 Å². The summed E-state index contributed by atoms with van der Waals surface area (Å²) in [4.78, 5) is 31.1. The Morgan fingerprint density at radius 2 is 1.96 bits per heavy atom. The van der Waals surface area contributed by atoms with Gasteiger partial charge in [0.2, 0.25) is 0 Å². The van der Waals surface area contributed by atoms with Gasteiger partial charge in [0, 0.05) is 19.5 Å². The number of amides is 1. The Hall–Kier alpha value is -2.28. The van der Waals surface area contributed by atoms with Crippen molar-refractivity contribution in [3.05, 3.63) is 51.2 Å². The second-order valence-electron chi connectivity index (χ2n) is 7.57. The van der Waals surface area contributed by atoms with Crippen molar-refractivity contribution in [3.63, 3.8) is 0 Å². The molecule has 2 heterocycles. The molecular formula is C20H21FN2O3S. The van der Waals surface area contributed by atoms with Gasteiger partial charge in [-0.05, 0) is 49.3 Å². The summed E-state index contributed by atoms with van der Waals surface area (Å²) in [6.45, 7) is 3.05. The Bertz CT molecular complexity index is 885. The van der Waals surface area contributed by atoms with Gasteiger partial charge in [0.25, 0.3) is 5.91 Å². The number of rotatable bonds is 4. The summed E-state index contributed by atoms with van der Waals surface area (Å²) in [6, 6.07) is 6.31. The number of hydrogen-bond acceptors (Lipinski definition) is 4. The zero-order valence-electron chi connectivity index (χ0n) is 15.1. The molecule has 142 valence electrons. The number of hydrogen-bond donors (Lipinski definition) is 1. The quantitative estimate of drug-likeness (QED) is 0.870. The summed E-state index contributed by atoms with van der Waals surface area (Å²) in [7, 11) is 0. The van der Waals surface area contributed by atoms with Gasteiger partial charge >= 0.3 is 5.97 Å². The summed E-state index contributed by atoms with van der Waals surface area (Å²) in [6.07, 6.45) is 2.83. The molecule has 2 fully saturated rings. The molecule has 1 amide bonds. The number of halogens is 1. The van der Waals surface area contributed by atoms with Crippen LogP contribution in [-0.2, 0) is 11.2 Å². The van der Waals surface area contributed by atoms with Crippen LogP contribution in [0.1, 0.15) is 45.2 Å². The first kappa shape index (κ1) is 18.1. The molecule has 1 N–H and O–H groups in total. The SMILES string of the molecule is Cc1nc(Cc2ccc(F)cc2)sc1C(=O)N1CCC2(CC1)CC2C(=O)O. The fraction of sp³-hybridized carbons (Fsp3) is 0.450. The number of carbonyl (C=O) groups is 2. The van der Waals surface area contributed by atoms with Crippen LogP contribution < -0.4 is 0 Å². The van der Waals surface area contributed by atoms with Gasteiger partial charge in [-0.15, -0.1) is 11.3 Å². The average Bonchev–Trinajstić information content (AvgIpc) is 3.22. The third kappa shape index (κ3) is 3.48. The zero-order chi connectivity index (χ0) is 19.2. The number of piperidine rings is 1. The summed E-state index contributed by atoms with van der Waals surface area (Å²) < 4.78 is 13.0. The van der Waals surface area contributed by atoms with E-state index in [2.05, 4.69) is 4.98 Å². The summed E-state index contributed by atoms with van der Waals surface area (Å²) in [5.74, 6) is -1.23. The predicted octanol–water partition coefficient (Wildman–Crippen LogP) is 3.51. The molecule has 5 nitrogen and oxygen atoms in total. The molecule has 1 saturated heterocycles. The molecule has 1 saturated carbocycles. The predicted molar refractivity (Wildman–Crippen MR) is 99.4 cm³/mol. The molecule has 1 aromatic carbocycles. The number of aryl methyl sites for hydroxylation is 1. The number of benzene rings is 1. The molecule has 27 heavy (non-hydrogen) atoms. The number of likely N-dealkylation sites (tertiary alicyclic amines) is 1. The van der Waals surface area contributed by atoms with Crippen LogP contribution in [0, 0.1) is 24.1 Å². The summed E-state index contributed by atoms with van der Waals surface area (Å²) in [5, 5.41) is 10.0. The van der Waals surface area contributed by atoms with Crippen LogP contribution in [0.2, 0.25) is 0 Å². The Morgan fingerprint density at radius 1 is 1.30 bits per heavy atom. The summed E-state index contributed by atoms with van der Waals surface area (Å²) in [5.41, 5.74) is 1.59. The molecule has 1 atom stereocenters. The Labute approximate surface area is 160 Å². The molecule has 7 heteroatoms. The van der Waals surface area contributed by atoms with Crippen LogP contribution in [0.25, 0.3) is 0 Å². The van der Waals surface area contributed by atoms with Crippen molar-refractivity contribution in [2.24, 2.45) is 11.3 Å². The van der Waals surface area contributed by atoms with Crippen molar-refractivity contribution in [1.29, 1.82) is 0 Å². The van der Waals surface area contributed by atoms with Crippen molar-refractivity contribution in [2.75, 3.05) is 13.1 Å². The highest BCUT2D eigenvalue weighted by molar-refractivity contribution is 7.13. The van der Waals surface area contributed by atoms with E-state index in [1.54, 1.807) is 12.1 Å². The molecule has 0 radical (unpaired) electrons. The van der Waals surface area contributed by atoms with E-state index >= 15 is 0 Å². The van der Waals surface area contributed by atoms with E-state index in [0.717, 1.165) is 35.5 Å². The number of carboxylic acid groups (broad SMARTS) is 1. The van der Waals surface area contributed by atoms with Gasteiger partial charge in [0.1, 0.15) is 10.7 Å². The minimum atomic E-state index is -0.710. The van der Waals surface area contributed by atoms with Gasteiger partial charge in [0.05, 0.1) is 16.6 Å². The van der Waals surface area contributed by atoms with E-state index in [1.165, 1.54) is 23.5 Å². The van der Waals surface area contributed by atoms with Crippen LogP contribution in [0.15, 0.2) is 24.3 Å². The van der Waals surface area contributed by atoms with Gasteiger partial charge in [0.15, 0.2) is 0 Å². The van der Waals surface area contributed by atoms with Crippen LogP contribution in [-0.4, -0.2) is 40.0 Å². The second kappa shape index (κ2) is 6.71. The van der Waals surface area contributed by atoms with Gasteiger partial charge < -0.3 is 10.0 Å². The lowest BCUT2D eigenvalue weighted by Crippen LogP contribution is -2.39. The highest BCUT2D eigenvalue weighted by atomic mass is 32.1. The molecule has 1 spiro atoms. The molecule has 1 unspecified atom stereocenters. The van der Waals surface area contributed by atoms with E-state index in [4.69, 9.17) is 0 Å². The third-order valence-electron chi connectivity index (χ3n) is 5.84. The first-order chi connectivity index (χ1) is 12.9. The largest absolute Gasteiger partial charge is 0.481 e. The van der Waals surface area contributed by atoms with Gasteiger partial charge in [-0.1, -0.05) is 12.1 Å². The maximum Gasteiger partial charge on any atom is 0.307 e. The van der Waals surface area contributed by atoms with Crippen molar-refractivity contribution in [3.8, 4) is 0 Å². The lowest BCUT2D eigenvalue weighted by atomic mass is 9.90. The van der Waals surface area contributed by atoms with Crippen molar-refractivity contribution >= 4 is 23.2 Å². The minimum absolute atomic E-state index is 0.0160. The number of carboxylic acids is 1. The van der Waals surface area contributed by atoms with Crippen molar-refractivity contribution in [1.82, 2.24) is 9.88 Å². The Kier molecular flexibility index (Phi) is 4.50. The monoisotopic (exact) mass is 388 g/mol. The van der Waals surface area contributed by atoms with Gasteiger partial charge in [-0.3, -0.25) is 9.59 Å². The zero-order valence-corrected chi connectivity index (χ0v) is 15.9. The fourth-order valence-electron chi connectivity index (χ4n) is 4.05. The number of carbonyl (C=O) groups excluding carboxylic acids is 1. The van der Waals surface area contributed by atoms with Crippen LogP contribution in [0.3, 0.4) is 0 Å². The number of aliphatic carboxylic acids is 1. The normalized spacial score (nSPS) is 20.7. The van der Waals surface area contributed by atoms with Gasteiger partial charge in [-0.25, -0.2) is 9.37 Å². The Balaban J connectivity index is 1.42. The molecule has 4 rings (SSSR count). The molecular weight excluding hydrogens is 367 g/mol. The highest BCUT2D eigenvalue weighted by Crippen LogP contribution is 2.59. The lowest BCUT2D eigenvalue weighted by molar-refractivity contribution is -0.139. The fourth-order valence-corrected chi connectivity index (χ4v) is 5.12. The Morgan fingerprint density at radius 3 is 2.56 bits per heavy atom. The number of thiazole rings is 1. The molecule has 0 bridgehead atoms. The van der Waals surface area contributed by atoms with E-state index in [0.29, 0.717) is 24.4 Å². The van der Waals surface area contributed by atoms with E-state index < -0.39 is 5.97 Å². The van der Waals surface area contributed by atoms with Crippen molar-refractivity contribution < 1.29 is 19.1 Å². The average molecular weight is 388 g/mol. The molecule has 2 aliphatic rings. The lowest BCUT2D eigenvalue weighted by Gasteiger charge is -2.32. The second-order valence-corrected chi connectivity index (χ2v) is 8.66.